The Bertz CT molecular complexity index is 589. The molecule has 0 spiro atoms. The van der Waals surface area contributed by atoms with Crippen LogP contribution in [-0.2, 0) is 9.84 Å². The van der Waals surface area contributed by atoms with Crippen molar-refractivity contribution in [2.45, 2.75) is 32.2 Å². The summed E-state index contributed by atoms with van der Waals surface area (Å²) in [4.78, 5) is 0. The molecule has 0 amide bonds. The van der Waals surface area contributed by atoms with Crippen LogP contribution in [0.25, 0.3) is 0 Å². The average molecular weight is 317 g/mol. The van der Waals surface area contributed by atoms with Gasteiger partial charge in [-0.2, -0.15) is 0 Å². The molecule has 118 valence electrons. The summed E-state index contributed by atoms with van der Waals surface area (Å²) >= 11 is 0. The number of hydrogen-bond donors (Lipinski definition) is 1. The number of nitrogens with one attached hydrogen (secondary N) is 1. The van der Waals surface area contributed by atoms with Crippen LogP contribution >= 0.6 is 0 Å². The highest BCUT2D eigenvalue weighted by Crippen LogP contribution is 2.30. The molecule has 0 bridgehead atoms. The maximum Gasteiger partial charge on any atom is 0.163 e. The Morgan fingerprint density at radius 2 is 2.14 bits per heavy atom. The van der Waals surface area contributed by atoms with Crippen molar-refractivity contribution >= 4 is 9.84 Å². The third-order valence-corrected chi connectivity index (χ3v) is 5.73. The van der Waals surface area contributed by atoms with Crippen LogP contribution in [0.1, 0.15) is 37.8 Å². The lowest BCUT2D eigenvalue weighted by Crippen LogP contribution is -2.26. The summed E-state index contributed by atoms with van der Waals surface area (Å²) in [6.45, 7) is 2.67. The third kappa shape index (κ3) is 4.23. The van der Waals surface area contributed by atoms with Crippen molar-refractivity contribution < 1.29 is 17.2 Å². The fraction of sp³-hybridized carbons (Fsp3) is 0.600. The van der Waals surface area contributed by atoms with E-state index in [9.17, 15) is 17.2 Å². The van der Waals surface area contributed by atoms with E-state index in [1.54, 1.807) is 6.07 Å². The first-order chi connectivity index (χ1) is 9.93. The second-order valence-corrected chi connectivity index (χ2v) is 7.88. The van der Waals surface area contributed by atoms with Gasteiger partial charge in [-0.05, 0) is 37.8 Å². The number of sulfone groups is 1. The predicted octanol–water partition coefficient (Wildman–Crippen LogP) is 2.83. The smallest absolute Gasteiger partial charge is 0.163 e. The van der Waals surface area contributed by atoms with Gasteiger partial charge in [-0.3, -0.25) is 0 Å². The second kappa shape index (κ2) is 6.83. The number of hydrogen-bond acceptors (Lipinski definition) is 3. The molecular formula is C15H21F2NO2S. The summed E-state index contributed by atoms with van der Waals surface area (Å²) < 4.78 is 50.5. The minimum absolute atomic E-state index is 0.00650. The summed E-state index contributed by atoms with van der Waals surface area (Å²) in [6, 6.07) is 3.80. The molecule has 0 saturated carbocycles. The third-order valence-electron chi connectivity index (χ3n) is 3.89. The van der Waals surface area contributed by atoms with Crippen LogP contribution in [0.5, 0.6) is 0 Å². The average Bonchev–Trinajstić information content (AvgIpc) is 2.77. The molecule has 0 aliphatic carbocycles. The van der Waals surface area contributed by atoms with Gasteiger partial charge >= 0.3 is 0 Å². The van der Waals surface area contributed by atoms with E-state index in [-0.39, 0.29) is 29.0 Å². The van der Waals surface area contributed by atoms with Gasteiger partial charge in [0, 0.05) is 11.6 Å². The number of halogens is 2. The first kappa shape index (κ1) is 16.4. The molecule has 1 fully saturated rings. The monoisotopic (exact) mass is 317 g/mol. The Balaban J connectivity index is 2.16. The molecule has 2 unspecified atom stereocenters. The van der Waals surface area contributed by atoms with Crippen LogP contribution in [0.15, 0.2) is 18.2 Å². The van der Waals surface area contributed by atoms with Crippen LogP contribution < -0.4 is 5.32 Å². The van der Waals surface area contributed by atoms with Gasteiger partial charge in [0.15, 0.2) is 21.5 Å². The van der Waals surface area contributed by atoms with Crippen LogP contribution in [-0.4, -0.2) is 26.5 Å². The lowest BCUT2D eigenvalue weighted by molar-refractivity contribution is 0.394. The van der Waals surface area contributed by atoms with E-state index in [0.29, 0.717) is 19.4 Å². The van der Waals surface area contributed by atoms with E-state index in [1.807, 2.05) is 6.92 Å². The number of benzene rings is 1. The highest BCUT2D eigenvalue weighted by atomic mass is 32.2. The zero-order valence-electron chi connectivity index (χ0n) is 12.1. The molecule has 2 atom stereocenters. The molecule has 3 nitrogen and oxygen atoms in total. The highest BCUT2D eigenvalue weighted by molar-refractivity contribution is 7.91. The van der Waals surface area contributed by atoms with Gasteiger partial charge in [0.2, 0.25) is 0 Å². The van der Waals surface area contributed by atoms with Crippen LogP contribution in [0, 0.1) is 17.6 Å². The van der Waals surface area contributed by atoms with E-state index in [0.717, 1.165) is 12.5 Å². The van der Waals surface area contributed by atoms with Gasteiger partial charge in [0.05, 0.1) is 11.5 Å². The molecule has 1 aromatic rings. The second-order valence-electron chi connectivity index (χ2n) is 5.65. The number of rotatable bonds is 6. The Morgan fingerprint density at radius 3 is 2.76 bits per heavy atom. The maximum absolute atomic E-state index is 14.0. The van der Waals surface area contributed by atoms with Crippen molar-refractivity contribution in [2.24, 2.45) is 5.92 Å². The predicted molar refractivity (Wildman–Crippen MR) is 78.8 cm³/mol. The molecule has 1 saturated heterocycles. The minimum atomic E-state index is -2.96. The Kier molecular flexibility index (Phi) is 5.32. The lowest BCUT2D eigenvalue weighted by Gasteiger charge is -2.22. The van der Waals surface area contributed by atoms with E-state index in [1.165, 1.54) is 6.07 Å². The topological polar surface area (TPSA) is 46.2 Å². The Labute approximate surface area is 124 Å². The zero-order chi connectivity index (χ0) is 15.5. The fourth-order valence-corrected chi connectivity index (χ4v) is 4.70. The first-order valence-corrected chi connectivity index (χ1v) is 9.13. The molecule has 1 N–H and O–H groups in total. The van der Waals surface area contributed by atoms with Crippen molar-refractivity contribution in [1.29, 1.82) is 0 Å². The first-order valence-electron chi connectivity index (χ1n) is 7.30. The standard InChI is InChI=1S/C15H21F2NO2S/c1-2-7-18-14(9-11-6-8-21(19,20)10-11)12-4-3-5-13(16)15(12)17/h3-5,11,14,18H,2,6-10H2,1H3. The summed E-state index contributed by atoms with van der Waals surface area (Å²) in [7, 11) is -2.96. The summed E-state index contributed by atoms with van der Waals surface area (Å²) in [5, 5.41) is 3.21. The lowest BCUT2D eigenvalue weighted by atomic mass is 9.93. The molecule has 21 heavy (non-hydrogen) atoms. The van der Waals surface area contributed by atoms with Crippen molar-refractivity contribution in [3.63, 3.8) is 0 Å². The fourth-order valence-electron chi connectivity index (χ4n) is 2.82. The normalized spacial score (nSPS) is 22.3. The largest absolute Gasteiger partial charge is 0.310 e. The van der Waals surface area contributed by atoms with Gasteiger partial charge in [-0.1, -0.05) is 19.1 Å². The van der Waals surface area contributed by atoms with E-state index < -0.39 is 21.5 Å². The van der Waals surface area contributed by atoms with Crippen LogP contribution in [0.3, 0.4) is 0 Å². The molecule has 1 aromatic carbocycles. The summed E-state index contributed by atoms with van der Waals surface area (Å²) in [6.07, 6.45) is 1.99. The quantitative estimate of drug-likeness (QED) is 0.877. The van der Waals surface area contributed by atoms with Crippen molar-refractivity contribution in [1.82, 2.24) is 5.32 Å². The van der Waals surface area contributed by atoms with Crippen molar-refractivity contribution in [3.05, 3.63) is 35.4 Å². The van der Waals surface area contributed by atoms with Crippen molar-refractivity contribution in [2.75, 3.05) is 18.1 Å². The molecule has 0 radical (unpaired) electrons. The molecule has 6 heteroatoms. The summed E-state index contributed by atoms with van der Waals surface area (Å²) in [5.74, 6) is -1.35. The Hall–Kier alpha value is -1.01. The SMILES string of the molecule is CCCNC(CC1CCS(=O)(=O)C1)c1cccc(F)c1F. The van der Waals surface area contributed by atoms with Gasteiger partial charge in [0.25, 0.3) is 0 Å². The maximum atomic E-state index is 14.0. The van der Waals surface area contributed by atoms with Gasteiger partial charge in [0.1, 0.15) is 0 Å². The molecule has 2 rings (SSSR count). The van der Waals surface area contributed by atoms with Gasteiger partial charge < -0.3 is 5.32 Å². The minimum Gasteiger partial charge on any atom is -0.310 e. The van der Waals surface area contributed by atoms with E-state index in [4.69, 9.17) is 0 Å². The van der Waals surface area contributed by atoms with Crippen LogP contribution in [0.2, 0.25) is 0 Å². The van der Waals surface area contributed by atoms with Crippen LogP contribution in [0.4, 0.5) is 8.78 Å². The van der Waals surface area contributed by atoms with Gasteiger partial charge in [-0.15, -0.1) is 0 Å². The van der Waals surface area contributed by atoms with E-state index in [2.05, 4.69) is 5.32 Å². The molecule has 1 heterocycles. The Morgan fingerprint density at radius 1 is 1.38 bits per heavy atom. The van der Waals surface area contributed by atoms with Gasteiger partial charge in [-0.25, -0.2) is 17.2 Å². The molecule has 0 aromatic heterocycles. The molecular weight excluding hydrogens is 296 g/mol. The summed E-state index contributed by atoms with van der Waals surface area (Å²) in [5.41, 5.74) is 0.285. The van der Waals surface area contributed by atoms with E-state index >= 15 is 0 Å². The highest BCUT2D eigenvalue weighted by Gasteiger charge is 2.31. The molecule has 1 aliphatic heterocycles. The molecule has 1 aliphatic rings. The van der Waals surface area contributed by atoms with Crippen molar-refractivity contribution in [3.8, 4) is 0 Å². The zero-order valence-corrected chi connectivity index (χ0v) is 12.9.